The number of sulfonamides is 1. The summed E-state index contributed by atoms with van der Waals surface area (Å²) < 4.78 is 136. The molecule has 2 aromatic carbocycles. The second-order valence-electron chi connectivity index (χ2n) is 13.3. The number of benzene rings is 2. The van der Waals surface area contributed by atoms with E-state index in [4.69, 9.17) is 4.98 Å². The lowest BCUT2D eigenvalue weighted by atomic mass is 10.1. The van der Waals surface area contributed by atoms with Gasteiger partial charge in [-0.1, -0.05) is 23.5 Å². The zero-order valence-electron chi connectivity index (χ0n) is 27.8. The maximum absolute atomic E-state index is 16.4. The Morgan fingerprint density at radius 1 is 0.906 bits per heavy atom. The van der Waals surface area contributed by atoms with Gasteiger partial charge in [0.1, 0.15) is 21.5 Å². The van der Waals surface area contributed by atoms with Crippen LogP contribution >= 0.6 is 11.3 Å². The molecule has 0 spiro atoms. The van der Waals surface area contributed by atoms with Crippen LogP contribution in [0.4, 0.5) is 43.1 Å². The van der Waals surface area contributed by atoms with Gasteiger partial charge in [-0.05, 0) is 56.0 Å². The van der Waals surface area contributed by atoms with Crippen molar-refractivity contribution in [2.45, 2.75) is 61.3 Å². The van der Waals surface area contributed by atoms with Crippen molar-refractivity contribution in [2.75, 3.05) is 46.1 Å². The summed E-state index contributed by atoms with van der Waals surface area (Å²) in [6.07, 6.45) is -1.63. The third-order valence-corrected chi connectivity index (χ3v) is 13.8. The molecule has 2 aromatic heterocycles. The van der Waals surface area contributed by atoms with Crippen LogP contribution in [-0.2, 0) is 19.9 Å². The maximum Gasteiger partial charge on any atom is 0.390 e. The van der Waals surface area contributed by atoms with E-state index in [0.29, 0.717) is 54.5 Å². The van der Waals surface area contributed by atoms with E-state index in [2.05, 4.69) is 15.3 Å². The predicted molar refractivity (Wildman–Crippen MR) is 187 cm³/mol. The van der Waals surface area contributed by atoms with Gasteiger partial charge in [0, 0.05) is 49.5 Å². The number of halogens is 6. The van der Waals surface area contributed by atoms with Crippen LogP contribution in [-0.4, -0.2) is 92.1 Å². The highest BCUT2D eigenvalue weighted by molar-refractivity contribution is 7.92. The van der Waals surface area contributed by atoms with Crippen LogP contribution in [0.25, 0.3) is 21.8 Å². The summed E-state index contributed by atoms with van der Waals surface area (Å²) in [5, 5.41) is 3.63. The highest BCUT2D eigenvalue weighted by Gasteiger charge is 2.43. The molecule has 20 heteroatoms. The highest BCUT2D eigenvalue weighted by Crippen LogP contribution is 2.45. The number of thiazole rings is 1. The molecule has 3 aliphatic heterocycles. The van der Waals surface area contributed by atoms with Crippen LogP contribution in [0.3, 0.4) is 0 Å². The van der Waals surface area contributed by atoms with E-state index in [1.54, 1.807) is 11.0 Å². The number of sulfone groups is 1. The molecule has 4 aromatic rings. The molecule has 2 atom stereocenters. The first-order chi connectivity index (χ1) is 25.1. The molecule has 0 aliphatic carbocycles. The van der Waals surface area contributed by atoms with Gasteiger partial charge < -0.3 is 10.2 Å². The van der Waals surface area contributed by atoms with Crippen LogP contribution in [0, 0.1) is 17.5 Å². The van der Waals surface area contributed by atoms with Crippen LogP contribution < -0.4 is 14.9 Å². The van der Waals surface area contributed by atoms with Crippen molar-refractivity contribution < 1.29 is 43.2 Å². The molecular formula is C33H33F6N7O4S3. The fourth-order valence-corrected chi connectivity index (χ4v) is 10.9. The molecular weight excluding hydrogens is 769 g/mol. The number of hydrogen-bond donors (Lipinski definition) is 2. The Morgan fingerprint density at radius 2 is 1.57 bits per heavy atom. The number of nitrogens with zero attached hydrogens (tertiary/aromatic N) is 5. The number of nitrogens with one attached hydrogen (secondary N) is 2. The maximum atomic E-state index is 16.4. The van der Waals surface area contributed by atoms with E-state index >= 15 is 4.39 Å². The Hall–Kier alpha value is -4.01. The lowest BCUT2D eigenvalue weighted by Gasteiger charge is -2.41. The lowest BCUT2D eigenvalue weighted by Crippen LogP contribution is -2.54. The number of alkyl halides is 3. The number of hydrogen-bond acceptors (Lipinski definition) is 11. The minimum Gasteiger partial charge on any atom is -0.351 e. The van der Waals surface area contributed by atoms with Crippen molar-refractivity contribution >= 4 is 48.0 Å². The molecule has 53 heavy (non-hydrogen) atoms. The second kappa shape index (κ2) is 14.3. The van der Waals surface area contributed by atoms with Gasteiger partial charge in [-0.15, -0.1) is 0 Å². The molecule has 2 bridgehead atoms. The van der Waals surface area contributed by atoms with Gasteiger partial charge in [0.25, 0.3) is 10.0 Å². The quantitative estimate of drug-likeness (QED) is 0.182. The minimum absolute atomic E-state index is 0.0153. The first kappa shape index (κ1) is 37.3. The van der Waals surface area contributed by atoms with E-state index in [-0.39, 0.29) is 53.4 Å². The van der Waals surface area contributed by atoms with Crippen molar-refractivity contribution in [2.24, 2.45) is 0 Å². The molecule has 3 fully saturated rings. The lowest BCUT2D eigenvalue weighted by molar-refractivity contribution is -0.138. The second-order valence-corrected chi connectivity index (χ2v) is 18.2. The van der Waals surface area contributed by atoms with Crippen LogP contribution in [0.2, 0.25) is 0 Å². The topological polar surface area (TPSA) is 137 Å². The summed E-state index contributed by atoms with van der Waals surface area (Å²) in [6, 6.07) is 7.36. The Kier molecular flexibility index (Phi) is 10.1. The van der Waals surface area contributed by atoms with Crippen LogP contribution in [0.5, 0.6) is 0 Å². The average molecular weight is 802 g/mol. The van der Waals surface area contributed by atoms with Crippen molar-refractivity contribution in [3.05, 3.63) is 66.1 Å². The molecule has 2 unspecified atom stereocenters. The van der Waals surface area contributed by atoms with E-state index in [9.17, 15) is 38.8 Å². The third-order valence-electron chi connectivity index (χ3n) is 9.57. The summed E-state index contributed by atoms with van der Waals surface area (Å²) in [4.78, 5) is 16.7. The minimum atomic E-state index is -4.93. The number of aromatic nitrogens is 3. The van der Waals surface area contributed by atoms with Crippen molar-refractivity contribution in [3.8, 4) is 21.8 Å². The fraction of sp³-hybridized carbons (Fsp3) is 0.424. The number of rotatable bonds is 10. The van der Waals surface area contributed by atoms with Gasteiger partial charge in [-0.25, -0.2) is 45.0 Å². The smallest absolute Gasteiger partial charge is 0.351 e. The van der Waals surface area contributed by atoms with E-state index in [1.807, 2.05) is 9.62 Å². The largest absolute Gasteiger partial charge is 0.390 e. The van der Waals surface area contributed by atoms with Gasteiger partial charge in [0.05, 0.1) is 39.9 Å². The average Bonchev–Trinajstić information content (AvgIpc) is 3.63. The number of piperazine rings is 1. The fourth-order valence-electron chi connectivity index (χ4n) is 7.05. The molecule has 3 aliphatic rings. The molecule has 2 N–H and O–H groups in total. The standard InChI is InChI=1S/C33H33F6N7O4S3/c34-23-4-2-5-24(35)30(23)53(49,50)44-25-6-1-3-22(27(25)36)28-29(26-9-13-40-31(42-26)41-19-10-15-52(47,48)16-11-19)51-32(43-28)46-20-7-8-21(46)18-45(17-20)14-12-33(37,38)39/h1-6,9,13,19-21,44H,7-8,10-12,14-18H2,(H,40,41,42). The SMILES string of the molecule is O=S1(=O)CCC(Nc2nccc(-c3sc(N4C5CCC4CN(CCC(F)(F)F)C5)nc3-c3cccc(NS(=O)(=O)c4c(F)cccc4F)c3F)n2)CC1. The molecule has 0 saturated carbocycles. The van der Waals surface area contributed by atoms with Crippen LogP contribution in [0.1, 0.15) is 32.1 Å². The summed E-state index contributed by atoms with van der Waals surface area (Å²) >= 11 is 1.18. The molecule has 11 nitrogen and oxygen atoms in total. The normalized spacial score (nSPS) is 20.8. The molecule has 7 rings (SSSR count). The molecule has 284 valence electrons. The van der Waals surface area contributed by atoms with E-state index < -0.39 is 60.5 Å². The first-order valence-corrected chi connectivity index (χ1v) is 20.8. The molecule has 0 radical (unpaired) electrons. The van der Waals surface area contributed by atoms with Gasteiger partial charge in [-0.2, -0.15) is 13.2 Å². The molecule has 5 heterocycles. The van der Waals surface area contributed by atoms with Gasteiger partial charge in [0.2, 0.25) is 5.95 Å². The Balaban J connectivity index is 1.25. The summed E-state index contributed by atoms with van der Waals surface area (Å²) in [6.45, 7) is 0.606. The zero-order valence-corrected chi connectivity index (χ0v) is 30.2. The Morgan fingerprint density at radius 3 is 2.23 bits per heavy atom. The van der Waals surface area contributed by atoms with E-state index in [1.165, 1.54) is 29.7 Å². The van der Waals surface area contributed by atoms with Gasteiger partial charge in [-0.3, -0.25) is 9.62 Å². The van der Waals surface area contributed by atoms with Crippen molar-refractivity contribution in [1.82, 2.24) is 19.9 Å². The number of anilines is 3. The van der Waals surface area contributed by atoms with Crippen molar-refractivity contribution in [3.63, 3.8) is 0 Å². The Labute approximate surface area is 305 Å². The molecule has 0 amide bonds. The van der Waals surface area contributed by atoms with Crippen molar-refractivity contribution in [1.29, 1.82) is 0 Å². The van der Waals surface area contributed by atoms with Gasteiger partial charge >= 0.3 is 6.18 Å². The molecule has 3 saturated heterocycles. The first-order valence-electron chi connectivity index (χ1n) is 16.7. The third kappa shape index (κ3) is 8.09. The zero-order chi connectivity index (χ0) is 37.7. The summed E-state index contributed by atoms with van der Waals surface area (Å²) in [5.41, 5.74) is -0.354. The summed E-state index contributed by atoms with van der Waals surface area (Å²) in [5.74, 6) is -3.59. The number of fused-ring (bicyclic) bond motifs is 2. The predicted octanol–water partition coefficient (Wildman–Crippen LogP) is 6.08. The highest BCUT2D eigenvalue weighted by atomic mass is 32.2. The number of likely N-dealkylation sites (tertiary alicyclic amines) is 1. The van der Waals surface area contributed by atoms with Crippen LogP contribution in [0.15, 0.2) is 53.6 Å². The Bertz CT molecular complexity index is 2190. The van der Waals surface area contributed by atoms with Gasteiger partial charge in [0.15, 0.2) is 15.8 Å². The van der Waals surface area contributed by atoms with E-state index in [0.717, 1.165) is 24.3 Å². The summed E-state index contributed by atoms with van der Waals surface area (Å²) in [7, 11) is -8.05. The monoisotopic (exact) mass is 801 g/mol.